The molecule has 0 aliphatic carbocycles. The lowest BCUT2D eigenvalue weighted by molar-refractivity contribution is 0.0946. The van der Waals surface area contributed by atoms with Gasteiger partial charge >= 0.3 is 0 Å². The molecule has 2 N–H and O–H groups in total. The molecule has 2 aromatic carbocycles. The van der Waals surface area contributed by atoms with Gasteiger partial charge in [0, 0.05) is 30.4 Å². The molecule has 29 heavy (non-hydrogen) atoms. The van der Waals surface area contributed by atoms with Gasteiger partial charge in [-0.1, -0.05) is 49.4 Å². The Balaban J connectivity index is 1.88. The van der Waals surface area contributed by atoms with Gasteiger partial charge in [0.1, 0.15) is 11.5 Å². The molecular weight excluding hydrogens is 362 g/mol. The fourth-order valence-electron chi connectivity index (χ4n) is 2.80. The van der Waals surface area contributed by atoms with E-state index in [-0.39, 0.29) is 5.91 Å². The zero-order chi connectivity index (χ0) is 20.6. The van der Waals surface area contributed by atoms with Crippen LogP contribution in [0.3, 0.4) is 0 Å². The van der Waals surface area contributed by atoms with Gasteiger partial charge in [-0.2, -0.15) is 0 Å². The summed E-state index contributed by atoms with van der Waals surface area (Å²) >= 11 is 0. The number of anilines is 2. The molecule has 0 aliphatic rings. The van der Waals surface area contributed by atoms with E-state index in [1.165, 1.54) is 5.56 Å². The zero-order valence-corrected chi connectivity index (χ0v) is 17.1. The molecular formula is C23H27N5O. The molecule has 0 radical (unpaired) electrons. The molecule has 0 saturated carbocycles. The lowest BCUT2D eigenvalue weighted by Gasteiger charge is -2.12. The number of aryl methyl sites for hydroxylation is 1. The van der Waals surface area contributed by atoms with Gasteiger partial charge in [-0.05, 0) is 38.2 Å². The fraction of sp³-hybridized carbons (Fsp3) is 0.261. The fourth-order valence-corrected chi connectivity index (χ4v) is 2.80. The predicted octanol–water partition coefficient (Wildman–Crippen LogP) is 3.74. The van der Waals surface area contributed by atoms with Gasteiger partial charge in [-0.3, -0.25) is 4.79 Å². The van der Waals surface area contributed by atoms with E-state index in [1.807, 2.05) is 61.5 Å². The second-order valence-corrected chi connectivity index (χ2v) is 7.06. The third-order valence-corrected chi connectivity index (χ3v) is 4.47. The number of amides is 1. The van der Waals surface area contributed by atoms with Gasteiger partial charge in [0.15, 0.2) is 5.82 Å². The van der Waals surface area contributed by atoms with Gasteiger partial charge in [0.25, 0.3) is 5.91 Å². The van der Waals surface area contributed by atoms with Crippen molar-refractivity contribution in [3.63, 3.8) is 0 Å². The number of hydrogen-bond acceptors (Lipinski definition) is 5. The minimum Gasteiger partial charge on any atom is -0.349 e. The number of likely N-dealkylation sites (N-methyl/N-ethyl adjacent to an activating group) is 1. The van der Waals surface area contributed by atoms with E-state index in [0.29, 0.717) is 23.9 Å². The van der Waals surface area contributed by atoms with Gasteiger partial charge in [-0.15, -0.1) is 0 Å². The molecule has 150 valence electrons. The van der Waals surface area contributed by atoms with Crippen molar-refractivity contribution in [2.75, 3.05) is 32.5 Å². The number of nitrogens with zero attached hydrogens (tertiary/aromatic N) is 3. The molecule has 0 bridgehead atoms. The molecule has 1 aromatic heterocycles. The quantitative estimate of drug-likeness (QED) is 0.614. The van der Waals surface area contributed by atoms with Crippen LogP contribution >= 0.6 is 0 Å². The Morgan fingerprint density at radius 1 is 1.00 bits per heavy atom. The minimum atomic E-state index is -0.212. The monoisotopic (exact) mass is 389 g/mol. The highest BCUT2D eigenvalue weighted by Crippen LogP contribution is 2.21. The summed E-state index contributed by atoms with van der Waals surface area (Å²) in [6.07, 6.45) is 0.989. The Morgan fingerprint density at radius 3 is 2.38 bits per heavy atom. The van der Waals surface area contributed by atoms with Crippen molar-refractivity contribution in [3.8, 4) is 11.4 Å². The topological polar surface area (TPSA) is 70.2 Å². The Morgan fingerprint density at radius 2 is 1.72 bits per heavy atom. The second kappa shape index (κ2) is 9.80. The SMILES string of the molecule is CCc1ccc(Nc2cc(C(=O)NCCN(C)C)nc(-c3ccccc3)n2)cc1. The van der Waals surface area contributed by atoms with E-state index in [2.05, 4.69) is 39.7 Å². The summed E-state index contributed by atoms with van der Waals surface area (Å²) in [7, 11) is 3.94. The maximum absolute atomic E-state index is 12.7. The first-order valence-electron chi connectivity index (χ1n) is 9.78. The summed E-state index contributed by atoms with van der Waals surface area (Å²) in [5.41, 5.74) is 3.38. The second-order valence-electron chi connectivity index (χ2n) is 7.06. The summed E-state index contributed by atoms with van der Waals surface area (Å²) in [5, 5.41) is 6.21. The molecule has 6 heteroatoms. The van der Waals surface area contributed by atoms with Crippen LogP contribution in [0.25, 0.3) is 11.4 Å². The summed E-state index contributed by atoms with van der Waals surface area (Å²) in [4.78, 5) is 23.8. The van der Waals surface area contributed by atoms with Crippen molar-refractivity contribution in [2.45, 2.75) is 13.3 Å². The maximum atomic E-state index is 12.7. The summed E-state index contributed by atoms with van der Waals surface area (Å²) in [5.74, 6) is 0.884. The average Bonchev–Trinajstić information content (AvgIpc) is 2.74. The largest absolute Gasteiger partial charge is 0.349 e. The molecule has 6 nitrogen and oxygen atoms in total. The Kier molecular flexibility index (Phi) is 6.92. The Bertz CT molecular complexity index is 939. The van der Waals surface area contributed by atoms with Crippen molar-refractivity contribution in [2.24, 2.45) is 0 Å². The van der Waals surface area contributed by atoms with Crippen LogP contribution in [-0.4, -0.2) is 48.0 Å². The van der Waals surface area contributed by atoms with Crippen LogP contribution in [0.2, 0.25) is 0 Å². The molecule has 0 unspecified atom stereocenters. The minimum absolute atomic E-state index is 0.212. The standard InChI is InChI=1S/C23H27N5O/c1-4-17-10-12-19(13-11-17)25-21-16-20(23(29)24-14-15-28(2)3)26-22(27-21)18-8-6-5-7-9-18/h5-13,16H,4,14-15H2,1-3H3,(H,24,29)(H,25,26,27). The highest BCUT2D eigenvalue weighted by Gasteiger charge is 2.13. The van der Waals surface area contributed by atoms with E-state index < -0.39 is 0 Å². The third-order valence-electron chi connectivity index (χ3n) is 4.47. The molecule has 0 saturated heterocycles. The first kappa shape index (κ1) is 20.5. The van der Waals surface area contributed by atoms with Crippen LogP contribution in [0.4, 0.5) is 11.5 Å². The molecule has 0 aliphatic heterocycles. The highest BCUT2D eigenvalue weighted by atomic mass is 16.1. The van der Waals surface area contributed by atoms with E-state index in [4.69, 9.17) is 0 Å². The Labute approximate surface area is 172 Å². The number of carbonyl (C=O) groups is 1. The number of hydrogen-bond donors (Lipinski definition) is 2. The van der Waals surface area contributed by atoms with Crippen LogP contribution in [-0.2, 0) is 6.42 Å². The number of benzene rings is 2. The van der Waals surface area contributed by atoms with Crippen molar-refractivity contribution in [1.29, 1.82) is 0 Å². The summed E-state index contributed by atoms with van der Waals surface area (Å²) in [6, 6.07) is 19.5. The predicted molar refractivity (Wildman–Crippen MR) is 117 cm³/mol. The number of aromatic nitrogens is 2. The zero-order valence-electron chi connectivity index (χ0n) is 17.1. The lowest BCUT2D eigenvalue weighted by atomic mass is 10.1. The van der Waals surface area contributed by atoms with Crippen LogP contribution < -0.4 is 10.6 Å². The molecule has 1 amide bonds. The van der Waals surface area contributed by atoms with Gasteiger partial charge in [0.05, 0.1) is 0 Å². The van der Waals surface area contributed by atoms with E-state index in [1.54, 1.807) is 6.07 Å². The lowest BCUT2D eigenvalue weighted by Crippen LogP contribution is -2.32. The van der Waals surface area contributed by atoms with Gasteiger partial charge in [0.2, 0.25) is 0 Å². The first-order valence-corrected chi connectivity index (χ1v) is 9.78. The summed E-state index contributed by atoms with van der Waals surface area (Å²) in [6.45, 7) is 3.44. The average molecular weight is 390 g/mol. The normalized spacial score (nSPS) is 10.8. The van der Waals surface area contributed by atoms with Crippen molar-refractivity contribution < 1.29 is 4.79 Å². The van der Waals surface area contributed by atoms with Crippen molar-refractivity contribution in [3.05, 3.63) is 71.9 Å². The molecule has 0 atom stereocenters. The number of carbonyl (C=O) groups excluding carboxylic acids is 1. The van der Waals surface area contributed by atoms with E-state index >= 15 is 0 Å². The van der Waals surface area contributed by atoms with Crippen molar-refractivity contribution >= 4 is 17.4 Å². The van der Waals surface area contributed by atoms with Gasteiger partial charge in [-0.25, -0.2) is 9.97 Å². The van der Waals surface area contributed by atoms with Crippen LogP contribution in [0.5, 0.6) is 0 Å². The van der Waals surface area contributed by atoms with E-state index in [9.17, 15) is 4.79 Å². The molecule has 3 rings (SSSR count). The number of rotatable bonds is 8. The van der Waals surface area contributed by atoms with Crippen LogP contribution in [0.1, 0.15) is 23.0 Å². The highest BCUT2D eigenvalue weighted by molar-refractivity contribution is 5.93. The third kappa shape index (κ3) is 5.86. The van der Waals surface area contributed by atoms with Crippen molar-refractivity contribution in [1.82, 2.24) is 20.2 Å². The Hall–Kier alpha value is -3.25. The summed E-state index contributed by atoms with van der Waals surface area (Å²) < 4.78 is 0. The molecule has 0 fully saturated rings. The molecule has 3 aromatic rings. The smallest absolute Gasteiger partial charge is 0.270 e. The van der Waals surface area contributed by atoms with Crippen LogP contribution in [0, 0.1) is 0 Å². The molecule has 0 spiro atoms. The van der Waals surface area contributed by atoms with Crippen LogP contribution in [0.15, 0.2) is 60.7 Å². The number of nitrogens with one attached hydrogen (secondary N) is 2. The molecule has 1 heterocycles. The van der Waals surface area contributed by atoms with Gasteiger partial charge < -0.3 is 15.5 Å². The maximum Gasteiger partial charge on any atom is 0.270 e. The first-order chi connectivity index (χ1) is 14.0. The van der Waals surface area contributed by atoms with E-state index in [0.717, 1.165) is 24.2 Å².